The van der Waals surface area contributed by atoms with E-state index in [1.54, 1.807) is 4.72 Å². The molecule has 1 amide bonds. The van der Waals surface area contributed by atoms with Gasteiger partial charge in [0, 0.05) is 6.54 Å². The maximum atomic E-state index is 11.0. The summed E-state index contributed by atoms with van der Waals surface area (Å²) in [6.45, 7) is 2.61. The van der Waals surface area contributed by atoms with Crippen molar-refractivity contribution in [2.45, 2.75) is 71.1 Å². The molecule has 0 aromatic carbocycles. The number of unbranched alkanes of at least 4 members (excludes halogenated alkanes) is 9. The molecule has 0 atom stereocenters. The Hall–Kier alpha value is -0.620. The standard InChI is InChI=1S/C13H28N2O3S/c1-2-3-4-5-6-7-8-9-10-11-12-14-19(17,18)15-13-16/h13-14H,2-12H2,1H3,(H,15,16). The fourth-order valence-corrected chi connectivity index (χ4v) is 2.55. The van der Waals surface area contributed by atoms with Crippen LogP contribution in [-0.2, 0) is 15.0 Å². The Labute approximate surface area is 117 Å². The van der Waals surface area contributed by atoms with E-state index < -0.39 is 10.2 Å². The van der Waals surface area contributed by atoms with Gasteiger partial charge in [0.1, 0.15) is 0 Å². The Kier molecular flexibility index (Phi) is 12.0. The number of carbonyl (C=O) groups is 1. The summed E-state index contributed by atoms with van der Waals surface area (Å²) in [5.41, 5.74) is 0. The largest absolute Gasteiger partial charge is 0.301 e. The van der Waals surface area contributed by atoms with Crippen LogP contribution in [0.15, 0.2) is 0 Å². The first-order valence-corrected chi connectivity index (χ1v) is 8.81. The zero-order valence-electron chi connectivity index (χ0n) is 12.0. The van der Waals surface area contributed by atoms with Crippen LogP contribution in [0.4, 0.5) is 0 Å². The van der Waals surface area contributed by atoms with Crippen molar-refractivity contribution in [2.24, 2.45) is 0 Å². The Bertz CT molecular complexity index is 305. The second kappa shape index (κ2) is 12.4. The smallest absolute Gasteiger partial charge is 0.278 e. The lowest BCUT2D eigenvalue weighted by Gasteiger charge is -2.05. The first-order chi connectivity index (χ1) is 9.12. The number of rotatable bonds is 14. The highest BCUT2D eigenvalue weighted by atomic mass is 32.2. The molecule has 2 N–H and O–H groups in total. The molecule has 0 aliphatic heterocycles. The fourth-order valence-electron chi connectivity index (χ4n) is 1.92. The highest BCUT2D eigenvalue weighted by Crippen LogP contribution is 2.10. The lowest BCUT2D eigenvalue weighted by molar-refractivity contribution is -0.108. The molecule has 5 nitrogen and oxygen atoms in total. The van der Waals surface area contributed by atoms with Gasteiger partial charge in [-0.15, -0.1) is 0 Å². The lowest BCUT2D eigenvalue weighted by Crippen LogP contribution is -2.36. The predicted octanol–water partition coefficient (Wildman–Crippen LogP) is 2.49. The topological polar surface area (TPSA) is 75.3 Å². The molecule has 0 saturated carbocycles. The van der Waals surface area contributed by atoms with Crippen molar-refractivity contribution in [2.75, 3.05) is 6.54 Å². The van der Waals surface area contributed by atoms with E-state index >= 15 is 0 Å². The van der Waals surface area contributed by atoms with E-state index in [1.807, 2.05) is 0 Å². The summed E-state index contributed by atoms with van der Waals surface area (Å²) in [5.74, 6) is 0. The van der Waals surface area contributed by atoms with Gasteiger partial charge in [-0.1, -0.05) is 64.7 Å². The SMILES string of the molecule is CCCCCCCCCCCCNS(=O)(=O)NC=O. The van der Waals surface area contributed by atoms with Crippen molar-refractivity contribution < 1.29 is 13.2 Å². The van der Waals surface area contributed by atoms with Gasteiger partial charge in [-0.25, -0.2) is 4.72 Å². The van der Waals surface area contributed by atoms with Gasteiger partial charge in [0.25, 0.3) is 0 Å². The normalized spacial score (nSPS) is 11.4. The fraction of sp³-hybridized carbons (Fsp3) is 0.923. The monoisotopic (exact) mass is 292 g/mol. The highest BCUT2D eigenvalue weighted by molar-refractivity contribution is 7.88. The van der Waals surface area contributed by atoms with E-state index in [0.717, 1.165) is 19.3 Å². The molecule has 0 spiro atoms. The third-order valence-electron chi connectivity index (χ3n) is 3.03. The summed E-state index contributed by atoms with van der Waals surface area (Å²) < 4.78 is 26.1. The average molecular weight is 292 g/mol. The number of nitrogens with one attached hydrogen (secondary N) is 2. The molecule has 0 radical (unpaired) electrons. The molecule has 0 heterocycles. The van der Waals surface area contributed by atoms with E-state index in [0.29, 0.717) is 6.54 Å². The predicted molar refractivity (Wildman–Crippen MR) is 78.0 cm³/mol. The molecule has 0 bridgehead atoms. The minimum Gasteiger partial charge on any atom is -0.278 e. The third-order valence-corrected chi connectivity index (χ3v) is 4.02. The molecular weight excluding hydrogens is 264 g/mol. The van der Waals surface area contributed by atoms with E-state index in [-0.39, 0.29) is 6.41 Å². The zero-order valence-corrected chi connectivity index (χ0v) is 12.8. The van der Waals surface area contributed by atoms with Gasteiger partial charge in [-0.3, -0.25) is 4.79 Å². The third kappa shape index (κ3) is 13.6. The highest BCUT2D eigenvalue weighted by Gasteiger charge is 2.05. The average Bonchev–Trinajstić information content (AvgIpc) is 2.36. The van der Waals surface area contributed by atoms with Crippen LogP contribution in [0.1, 0.15) is 71.1 Å². The van der Waals surface area contributed by atoms with Crippen molar-refractivity contribution in [3.63, 3.8) is 0 Å². The molecule has 19 heavy (non-hydrogen) atoms. The molecule has 0 unspecified atom stereocenters. The molecule has 0 aliphatic rings. The maximum absolute atomic E-state index is 11.0. The molecule has 0 aliphatic carbocycles. The summed E-state index contributed by atoms with van der Waals surface area (Å²) in [5, 5.41) is 0. The number of amides is 1. The molecule has 0 aromatic rings. The van der Waals surface area contributed by atoms with Crippen LogP contribution in [-0.4, -0.2) is 21.4 Å². The summed E-state index contributed by atoms with van der Waals surface area (Å²) in [7, 11) is -3.61. The van der Waals surface area contributed by atoms with Crippen molar-refractivity contribution >= 4 is 16.6 Å². The Morgan fingerprint density at radius 2 is 1.32 bits per heavy atom. The maximum Gasteiger partial charge on any atom is 0.301 e. The zero-order chi connectivity index (χ0) is 14.4. The van der Waals surface area contributed by atoms with E-state index in [2.05, 4.69) is 11.6 Å². The first kappa shape index (κ1) is 18.4. The first-order valence-electron chi connectivity index (χ1n) is 7.33. The van der Waals surface area contributed by atoms with Crippen molar-refractivity contribution in [1.29, 1.82) is 0 Å². The Morgan fingerprint density at radius 3 is 1.79 bits per heavy atom. The molecular formula is C13H28N2O3S. The van der Waals surface area contributed by atoms with Gasteiger partial charge in [0.2, 0.25) is 6.41 Å². The van der Waals surface area contributed by atoms with Crippen LogP contribution < -0.4 is 9.44 Å². The van der Waals surface area contributed by atoms with Crippen LogP contribution in [0.3, 0.4) is 0 Å². The van der Waals surface area contributed by atoms with Gasteiger partial charge in [0.05, 0.1) is 0 Å². The van der Waals surface area contributed by atoms with Crippen molar-refractivity contribution in [3.05, 3.63) is 0 Å². The summed E-state index contributed by atoms with van der Waals surface area (Å²) >= 11 is 0. The second-order valence-corrected chi connectivity index (χ2v) is 6.35. The van der Waals surface area contributed by atoms with Crippen LogP contribution >= 0.6 is 0 Å². The van der Waals surface area contributed by atoms with Gasteiger partial charge in [-0.05, 0) is 6.42 Å². The molecule has 114 valence electrons. The van der Waals surface area contributed by atoms with Crippen LogP contribution in [0, 0.1) is 0 Å². The molecule has 0 saturated heterocycles. The number of hydrogen-bond donors (Lipinski definition) is 2. The number of carbonyl (C=O) groups excluding carboxylic acids is 1. The van der Waals surface area contributed by atoms with Gasteiger partial charge in [0.15, 0.2) is 0 Å². The summed E-state index contributed by atoms with van der Waals surface area (Å²) in [6, 6.07) is 0. The Morgan fingerprint density at radius 1 is 0.842 bits per heavy atom. The molecule has 6 heteroatoms. The van der Waals surface area contributed by atoms with Gasteiger partial charge >= 0.3 is 10.2 Å². The van der Waals surface area contributed by atoms with Gasteiger partial charge in [-0.2, -0.15) is 13.1 Å². The number of hydrogen-bond acceptors (Lipinski definition) is 3. The summed E-state index contributed by atoms with van der Waals surface area (Å²) in [6.07, 6.45) is 12.3. The summed E-state index contributed by atoms with van der Waals surface area (Å²) in [4.78, 5) is 9.99. The van der Waals surface area contributed by atoms with E-state index in [1.165, 1.54) is 44.9 Å². The van der Waals surface area contributed by atoms with Crippen LogP contribution in [0.25, 0.3) is 0 Å². The van der Waals surface area contributed by atoms with Crippen molar-refractivity contribution in [3.8, 4) is 0 Å². The lowest BCUT2D eigenvalue weighted by atomic mass is 10.1. The molecule has 0 rings (SSSR count). The molecule has 0 fully saturated rings. The quantitative estimate of drug-likeness (QED) is 0.381. The Balaban J connectivity index is 3.21. The minimum atomic E-state index is -3.61. The van der Waals surface area contributed by atoms with E-state index in [9.17, 15) is 13.2 Å². The molecule has 0 aromatic heterocycles. The second-order valence-electron chi connectivity index (χ2n) is 4.82. The van der Waals surface area contributed by atoms with Crippen LogP contribution in [0.2, 0.25) is 0 Å². The van der Waals surface area contributed by atoms with Crippen LogP contribution in [0.5, 0.6) is 0 Å². The van der Waals surface area contributed by atoms with E-state index in [4.69, 9.17) is 0 Å². The van der Waals surface area contributed by atoms with Crippen molar-refractivity contribution in [1.82, 2.24) is 9.44 Å². The minimum absolute atomic E-state index is 0.168. The van der Waals surface area contributed by atoms with Gasteiger partial charge < -0.3 is 0 Å².